The van der Waals surface area contributed by atoms with Gasteiger partial charge < -0.3 is 29.6 Å². The van der Waals surface area contributed by atoms with Crippen molar-refractivity contribution >= 4 is 29.9 Å². The fourth-order valence-electron chi connectivity index (χ4n) is 3.47. The molecular formula is C22H37IN4O4. The van der Waals surface area contributed by atoms with Gasteiger partial charge in [0.1, 0.15) is 12.4 Å². The van der Waals surface area contributed by atoms with Crippen LogP contribution in [-0.4, -0.2) is 89.8 Å². The van der Waals surface area contributed by atoms with E-state index in [0.717, 1.165) is 89.3 Å². The number of aliphatic imine (C=N–C) groups is 1. The lowest BCUT2D eigenvalue weighted by atomic mass is 10.2. The van der Waals surface area contributed by atoms with E-state index in [2.05, 4.69) is 26.6 Å². The zero-order valence-corrected chi connectivity index (χ0v) is 20.8. The third kappa shape index (κ3) is 9.90. The lowest BCUT2D eigenvalue weighted by Gasteiger charge is -2.26. The molecule has 2 fully saturated rings. The molecule has 2 N–H and O–H groups in total. The molecule has 0 spiro atoms. The highest BCUT2D eigenvalue weighted by Gasteiger charge is 2.15. The molecule has 2 aliphatic heterocycles. The summed E-state index contributed by atoms with van der Waals surface area (Å²) < 4.78 is 22.6. The number of nitrogens with zero attached hydrogens (tertiary/aromatic N) is 2. The second-order valence-electron chi connectivity index (χ2n) is 7.47. The van der Waals surface area contributed by atoms with E-state index in [1.807, 2.05) is 18.2 Å². The molecule has 8 nitrogen and oxygen atoms in total. The fourth-order valence-corrected chi connectivity index (χ4v) is 3.47. The monoisotopic (exact) mass is 548 g/mol. The number of hydrogen-bond acceptors (Lipinski definition) is 6. The molecule has 2 heterocycles. The number of guanidine groups is 1. The van der Waals surface area contributed by atoms with Crippen molar-refractivity contribution in [1.82, 2.24) is 15.5 Å². The number of hydrogen-bond donors (Lipinski definition) is 2. The molecule has 3 rings (SSSR count). The van der Waals surface area contributed by atoms with E-state index in [9.17, 15) is 0 Å². The molecule has 0 radical (unpaired) electrons. The summed E-state index contributed by atoms with van der Waals surface area (Å²) in [5, 5.41) is 6.71. The van der Waals surface area contributed by atoms with E-state index in [0.29, 0.717) is 13.2 Å². The highest BCUT2D eigenvalue weighted by molar-refractivity contribution is 14.0. The Balaban J connectivity index is 0.00000341. The van der Waals surface area contributed by atoms with Crippen molar-refractivity contribution in [3.05, 3.63) is 29.8 Å². The first-order valence-corrected chi connectivity index (χ1v) is 11.0. The summed E-state index contributed by atoms with van der Waals surface area (Å²) in [5.74, 6) is 1.70. The maximum atomic E-state index is 6.06. The third-order valence-electron chi connectivity index (χ3n) is 5.27. The Morgan fingerprint density at radius 3 is 2.74 bits per heavy atom. The molecule has 0 saturated carbocycles. The molecule has 0 aromatic heterocycles. The molecule has 2 aliphatic rings. The Hall–Kier alpha value is -1.14. The topological polar surface area (TPSA) is 76.6 Å². The van der Waals surface area contributed by atoms with Crippen molar-refractivity contribution in [2.24, 2.45) is 4.99 Å². The summed E-state index contributed by atoms with van der Waals surface area (Å²) in [6.07, 6.45) is 2.20. The van der Waals surface area contributed by atoms with Crippen LogP contribution in [-0.2, 0) is 20.8 Å². The minimum absolute atomic E-state index is 0. The first kappa shape index (κ1) is 26.1. The van der Waals surface area contributed by atoms with Gasteiger partial charge in [0, 0.05) is 58.5 Å². The lowest BCUT2D eigenvalue weighted by molar-refractivity contribution is 0.0322. The second kappa shape index (κ2) is 15.6. The number of rotatable bonds is 11. The maximum absolute atomic E-state index is 6.06. The number of halogens is 1. The summed E-state index contributed by atoms with van der Waals surface area (Å²) in [6.45, 7) is 8.93. The minimum atomic E-state index is 0. The summed E-state index contributed by atoms with van der Waals surface area (Å²) in [7, 11) is 1.78. The third-order valence-corrected chi connectivity index (χ3v) is 5.27. The van der Waals surface area contributed by atoms with Gasteiger partial charge in [-0.15, -0.1) is 24.0 Å². The van der Waals surface area contributed by atoms with Crippen LogP contribution in [0.15, 0.2) is 29.3 Å². The van der Waals surface area contributed by atoms with Gasteiger partial charge in [0.15, 0.2) is 5.96 Å². The van der Waals surface area contributed by atoms with Gasteiger partial charge in [-0.25, -0.2) is 0 Å². The molecule has 1 atom stereocenters. The number of morpholine rings is 1. The Bertz CT molecular complexity index is 638. The molecule has 1 unspecified atom stereocenters. The van der Waals surface area contributed by atoms with Gasteiger partial charge in [-0.3, -0.25) is 9.89 Å². The van der Waals surface area contributed by atoms with Crippen LogP contribution in [0.4, 0.5) is 0 Å². The summed E-state index contributed by atoms with van der Waals surface area (Å²) in [4.78, 5) is 6.68. The average molecular weight is 548 g/mol. The molecule has 31 heavy (non-hydrogen) atoms. The van der Waals surface area contributed by atoms with Gasteiger partial charge in [-0.1, -0.05) is 18.2 Å². The molecule has 1 aromatic carbocycles. The molecule has 176 valence electrons. The predicted molar refractivity (Wildman–Crippen MR) is 133 cm³/mol. The molecule has 0 amide bonds. The Morgan fingerprint density at radius 1 is 1.13 bits per heavy atom. The smallest absolute Gasteiger partial charge is 0.191 e. The van der Waals surface area contributed by atoms with Gasteiger partial charge in [0.05, 0.1) is 25.9 Å². The van der Waals surface area contributed by atoms with E-state index in [1.165, 1.54) is 0 Å². The average Bonchev–Trinajstić information content (AvgIpc) is 3.31. The van der Waals surface area contributed by atoms with Crippen molar-refractivity contribution in [3.8, 4) is 5.75 Å². The SMILES string of the molecule is CN=C(NCCCOC1CCOC1)NCc1ccccc1OCCN1CCOCC1.I. The van der Waals surface area contributed by atoms with Crippen LogP contribution in [0, 0.1) is 0 Å². The van der Waals surface area contributed by atoms with E-state index in [-0.39, 0.29) is 30.1 Å². The van der Waals surface area contributed by atoms with E-state index in [4.69, 9.17) is 18.9 Å². The number of para-hydroxylation sites is 1. The molecule has 9 heteroatoms. The first-order valence-electron chi connectivity index (χ1n) is 11.0. The van der Waals surface area contributed by atoms with Crippen LogP contribution >= 0.6 is 24.0 Å². The van der Waals surface area contributed by atoms with E-state index in [1.54, 1.807) is 7.05 Å². The molecule has 1 aromatic rings. The van der Waals surface area contributed by atoms with Crippen LogP contribution in [0.3, 0.4) is 0 Å². The fraction of sp³-hybridized carbons (Fsp3) is 0.682. The quantitative estimate of drug-likeness (QED) is 0.189. The van der Waals surface area contributed by atoms with Crippen molar-refractivity contribution in [3.63, 3.8) is 0 Å². The van der Waals surface area contributed by atoms with Crippen molar-refractivity contribution in [2.75, 3.05) is 72.9 Å². The van der Waals surface area contributed by atoms with Gasteiger partial charge >= 0.3 is 0 Å². The van der Waals surface area contributed by atoms with Crippen LogP contribution in [0.1, 0.15) is 18.4 Å². The Labute approximate surface area is 203 Å². The van der Waals surface area contributed by atoms with Crippen LogP contribution < -0.4 is 15.4 Å². The van der Waals surface area contributed by atoms with Crippen LogP contribution in [0.25, 0.3) is 0 Å². The van der Waals surface area contributed by atoms with Gasteiger partial charge in [0.2, 0.25) is 0 Å². The summed E-state index contributed by atoms with van der Waals surface area (Å²) in [6, 6.07) is 8.15. The summed E-state index contributed by atoms with van der Waals surface area (Å²) in [5.41, 5.74) is 1.12. The molecule has 0 bridgehead atoms. The number of nitrogens with one attached hydrogen (secondary N) is 2. The van der Waals surface area contributed by atoms with Gasteiger partial charge in [0.25, 0.3) is 0 Å². The van der Waals surface area contributed by atoms with Crippen LogP contribution in [0.5, 0.6) is 5.75 Å². The van der Waals surface area contributed by atoms with Crippen molar-refractivity contribution in [2.45, 2.75) is 25.5 Å². The normalized spacial score (nSPS) is 19.6. The Morgan fingerprint density at radius 2 is 1.97 bits per heavy atom. The summed E-state index contributed by atoms with van der Waals surface area (Å²) >= 11 is 0. The Kier molecular flexibility index (Phi) is 13.2. The predicted octanol–water partition coefficient (Wildman–Crippen LogP) is 1.88. The maximum Gasteiger partial charge on any atom is 0.191 e. The van der Waals surface area contributed by atoms with E-state index >= 15 is 0 Å². The van der Waals surface area contributed by atoms with E-state index < -0.39 is 0 Å². The highest BCUT2D eigenvalue weighted by atomic mass is 127. The molecular weight excluding hydrogens is 511 g/mol. The van der Waals surface area contributed by atoms with Crippen molar-refractivity contribution in [1.29, 1.82) is 0 Å². The lowest BCUT2D eigenvalue weighted by Crippen LogP contribution is -2.39. The molecule has 2 saturated heterocycles. The van der Waals surface area contributed by atoms with Gasteiger partial charge in [-0.2, -0.15) is 0 Å². The van der Waals surface area contributed by atoms with Gasteiger partial charge in [-0.05, 0) is 18.9 Å². The van der Waals surface area contributed by atoms with Crippen molar-refractivity contribution < 1.29 is 18.9 Å². The van der Waals surface area contributed by atoms with Crippen LogP contribution in [0.2, 0.25) is 0 Å². The number of ether oxygens (including phenoxy) is 4. The zero-order chi connectivity index (χ0) is 20.9. The standard InChI is InChI=1S/C22H36N4O4.HI/c1-23-22(24-8-4-12-29-20-7-13-28-18-20)25-17-19-5-2-3-6-21(19)30-16-11-26-9-14-27-15-10-26;/h2-3,5-6,20H,4,7-18H2,1H3,(H2,23,24,25);1H. The number of benzene rings is 1. The largest absolute Gasteiger partial charge is 0.492 e. The first-order chi connectivity index (χ1) is 14.8. The second-order valence-corrected chi connectivity index (χ2v) is 7.47. The molecule has 0 aliphatic carbocycles. The minimum Gasteiger partial charge on any atom is -0.492 e. The zero-order valence-electron chi connectivity index (χ0n) is 18.5. The highest BCUT2D eigenvalue weighted by Crippen LogP contribution is 2.17.